The first-order valence-corrected chi connectivity index (χ1v) is 7.72. The first-order chi connectivity index (χ1) is 7.47. The Balaban J connectivity index is 0.00000256. The zero-order valence-electron chi connectivity index (χ0n) is 10.9. The molecule has 6 heteroatoms. The van der Waals surface area contributed by atoms with Crippen LogP contribution < -0.4 is 34.9 Å². The Morgan fingerprint density at radius 2 is 1.88 bits per heavy atom. The Hall–Kier alpha value is 0.870. The molecule has 0 spiro atoms. The summed E-state index contributed by atoms with van der Waals surface area (Å²) < 4.78 is 31.6. The van der Waals surface area contributed by atoms with Crippen molar-refractivity contribution < 1.29 is 42.5 Å². The van der Waals surface area contributed by atoms with Crippen molar-refractivity contribution >= 4 is 10.1 Å². The van der Waals surface area contributed by atoms with Gasteiger partial charge in [-0.1, -0.05) is 26.2 Å². The van der Waals surface area contributed by atoms with Gasteiger partial charge in [-0.15, -0.1) is 0 Å². The summed E-state index contributed by atoms with van der Waals surface area (Å²) >= 11 is 0. The van der Waals surface area contributed by atoms with Crippen LogP contribution in [-0.2, 0) is 10.1 Å². The Labute approximate surface area is 127 Å². The van der Waals surface area contributed by atoms with Crippen molar-refractivity contribution in [3.05, 3.63) is 0 Å². The number of hydrogen-bond acceptors (Lipinski definition) is 4. The molecule has 0 aromatic heterocycles. The maximum absolute atomic E-state index is 10.5. The molecule has 1 aliphatic carbocycles. The molecular weight excluding hydrogens is 249 g/mol. The fourth-order valence-corrected chi connectivity index (χ4v) is 3.14. The van der Waals surface area contributed by atoms with Gasteiger partial charge in [-0.3, -0.25) is 0 Å². The van der Waals surface area contributed by atoms with Gasteiger partial charge >= 0.3 is 29.6 Å². The predicted octanol–water partition coefficient (Wildman–Crippen LogP) is -1.52. The van der Waals surface area contributed by atoms with Crippen LogP contribution in [0.1, 0.15) is 45.4 Å². The van der Waals surface area contributed by atoms with E-state index < -0.39 is 10.1 Å². The molecule has 0 heterocycles. The third-order valence-corrected chi connectivity index (χ3v) is 4.14. The van der Waals surface area contributed by atoms with Gasteiger partial charge in [0.1, 0.15) is 0 Å². The van der Waals surface area contributed by atoms with E-state index in [1.807, 2.05) is 6.92 Å². The molecule has 0 aromatic rings. The minimum atomic E-state index is -4.06. The van der Waals surface area contributed by atoms with Crippen LogP contribution in [0.15, 0.2) is 0 Å². The van der Waals surface area contributed by atoms with Gasteiger partial charge < -0.3 is 9.87 Å². The summed E-state index contributed by atoms with van der Waals surface area (Å²) in [5.41, 5.74) is 0. The minimum Gasteiger partial charge on any atom is -0.748 e. The van der Waals surface area contributed by atoms with Crippen molar-refractivity contribution in [2.24, 2.45) is 5.92 Å². The fourth-order valence-electron chi connectivity index (χ4n) is 2.27. The summed E-state index contributed by atoms with van der Waals surface area (Å²) in [6.07, 6.45) is 7.15. The molecule has 1 fully saturated rings. The Kier molecular flexibility index (Phi) is 9.34. The van der Waals surface area contributed by atoms with Gasteiger partial charge in [0, 0.05) is 11.8 Å². The predicted molar refractivity (Wildman–Crippen MR) is 63.2 cm³/mol. The SMILES string of the molecule is CC(CCNC1CCCCC1)CS(=O)(=O)[O-].[Na+]. The maximum atomic E-state index is 10.5. The average molecular weight is 271 g/mol. The third-order valence-electron chi connectivity index (χ3n) is 3.16. The average Bonchev–Trinajstić information content (AvgIpc) is 2.16. The largest absolute Gasteiger partial charge is 1.00 e. The second-order valence-corrected chi connectivity index (χ2v) is 6.36. The van der Waals surface area contributed by atoms with Crippen LogP contribution >= 0.6 is 0 Å². The van der Waals surface area contributed by atoms with Gasteiger partial charge in [-0.05, 0) is 31.7 Å². The number of nitrogens with one attached hydrogen (secondary N) is 1. The first kappa shape index (κ1) is 17.9. The second kappa shape index (κ2) is 8.88. The van der Waals surface area contributed by atoms with Crippen molar-refractivity contribution in [2.45, 2.75) is 51.5 Å². The van der Waals surface area contributed by atoms with Gasteiger partial charge in [0.2, 0.25) is 0 Å². The van der Waals surface area contributed by atoms with Crippen LogP contribution in [0, 0.1) is 5.92 Å². The molecule has 17 heavy (non-hydrogen) atoms. The van der Waals surface area contributed by atoms with Gasteiger partial charge in [0.25, 0.3) is 0 Å². The molecule has 96 valence electrons. The second-order valence-electron chi connectivity index (χ2n) is 4.91. The minimum absolute atomic E-state index is 0. The topological polar surface area (TPSA) is 69.2 Å². The van der Waals surface area contributed by atoms with E-state index in [4.69, 9.17) is 0 Å². The van der Waals surface area contributed by atoms with Crippen LogP contribution in [0.4, 0.5) is 0 Å². The van der Waals surface area contributed by atoms with E-state index in [-0.39, 0.29) is 41.2 Å². The molecular formula is C11H22NNaO3S. The summed E-state index contributed by atoms with van der Waals surface area (Å²) in [5.74, 6) is -0.280. The van der Waals surface area contributed by atoms with E-state index >= 15 is 0 Å². The summed E-state index contributed by atoms with van der Waals surface area (Å²) in [7, 11) is -4.06. The molecule has 0 aliphatic heterocycles. The molecule has 1 aliphatic rings. The molecule has 1 N–H and O–H groups in total. The fraction of sp³-hybridized carbons (Fsp3) is 1.00. The molecule has 0 saturated heterocycles. The third kappa shape index (κ3) is 9.45. The summed E-state index contributed by atoms with van der Waals surface area (Å²) in [6.45, 7) is 2.64. The summed E-state index contributed by atoms with van der Waals surface area (Å²) in [4.78, 5) is 0. The van der Waals surface area contributed by atoms with E-state index in [1.165, 1.54) is 32.1 Å². The van der Waals surface area contributed by atoms with Crippen LogP contribution in [0.2, 0.25) is 0 Å². The molecule has 0 amide bonds. The van der Waals surface area contributed by atoms with E-state index in [2.05, 4.69) is 5.32 Å². The van der Waals surface area contributed by atoms with Crippen LogP contribution in [0.5, 0.6) is 0 Å². The van der Waals surface area contributed by atoms with Crippen molar-refractivity contribution in [3.63, 3.8) is 0 Å². The Bertz CT molecular complexity index is 289. The normalized spacial score (nSPS) is 19.6. The van der Waals surface area contributed by atoms with Crippen molar-refractivity contribution in [1.29, 1.82) is 0 Å². The standard InChI is InChI=1S/C11H23NO3S.Na/c1-10(9-16(13,14)15)7-8-12-11-5-3-2-4-6-11;/h10-12H,2-9H2,1H3,(H,13,14,15);/q;+1/p-1. The van der Waals surface area contributed by atoms with Crippen LogP contribution in [0.3, 0.4) is 0 Å². The quantitative estimate of drug-likeness (QED) is 0.471. The van der Waals surface area contributed by atoms with Gasteiger partial charge in [0.15, 0.2) is 0 Å². The van der Waals surface area contributed by atoms with Crippen LogP contribution in [-0.4, -0.2) is 31.3 Å². The van der Waals surface area contributed by atoms with Crippen molar-refractivity contribution in [3.8, 4) is 0 Å². The first-order valence-electron chi connectivity index (χ1n) is 6.14. The van der Waals surface area contributed by atoms with E-state index in [0.29, 0.717) is 6.04 Å². The van der Waals surface area contributed by atoms with Crippen molar-refractivity contribution in [1.82, 2.24) is 5.32 Å². The molecule has 0 radical (unpaired) electrons. The number of rotatable bonds is 6. The molecule has 1 saturated carbocycles. The zero-order valence-corrected chi connectivity index (χ0v) is 13.8. The summed E-state index contributed by atoms with van der Waals surface area (Å²) in [5, 5.41) is 3.44. The Morgan fingerprint density at radius 3 is 2.41 bits per heavy atom. The van der Waals surface area contributed by atoms with Gasteiger partial charge in [-0.25, -0.2) is 8.42 Å². The molecule has 1 rings (SSSR count). The van der Waals surface area contributed by atoms with E-state index in [1.54, 1.807) is 0 Å². The molecule has 0 aromatic carbocycles. The van der Waals surface area contributed by atoms with E-state index in [0.717, 1.165) is 13.0 Å². The van der Waals surface area contributed by atoms with Crippen molar-refractivity contribution in [2.75, 3.05) is 12.3 Å². The smallest absolute Gasteiger partial charge is 0.748 e. The zero-order chi connectivity index (χ0) is 12.0. The molecule has 4 nitrogen and oxygen atoms in total. The number of hydrogen-bond donors (Lipinski definition) is 1. The van der Waals surface area contributed by atoms with Crippen LogP contribution in [0.25, 0.3) is 0 Å². The monoisotopic (exact) mass is 271 g/mol. The molecule has 0 bridgehead atoms. The summed E-state index contributed by atoms with van der Waals surface area (Å²) in [6, 6.07) is 0.602. The Morgan fingerprint density at radius 1 is 1.29 bits per heavy atom. The molecule has 1 atom stereocenters. The maximum Gasteiger partial charge on any atom is 1.00 e. The van der Waals surface area contributed by atoms with E-state index in [9.17, 15) is 13.0 Å². The van der Waals surface area contributed by atoms with Gasteiger partial charge in [0.05, 0.1) is 10.1 Å². The molecule has 1 unspecified atom stereocenters. The van der Waals surface area contributed by atoms with Gasteiger partial charge in [-0.2, -0.15) is 0 Å².